The summed E-state index contributed by atoms with van der Waals surface area (Å²) in [6.07, 6.45) is 3.40. The van der Waals surface area contributed by atoms with Crippen LogP contribution < -0.4 is 10.6 Å². The molecule has 2 heterocycles. The van der Waals surface area contributed by atoms with Crippen LogP contribution in [0, 0.1) is 0 Å². The average Bonchev–Trinajstić information content (AvgIpc) is 2.77. The summed E-state index contributed by atoms with van der Waals surface area (Å²) < 4.78 is 0. The molecule has 94 valence electrons. The summed E-state index contributed by atoms with van der Waals surface area (Å²) in [5.74, 6) is 0. The first kappa shape index (κ1) is 12.4. The van der Waals surface area contributed by atoms with E-state index in [1.54, 1.807) is 12.4 Å². The highest BCUT2D eigenvalue weighted by molar-refractivity contribution is 7.18. The third-order valence-electron chi connectivity index (χ3n) is 1.97. The van der Waals surface area contributed by atoms with Gasteiger partial charge in [-0.2, -0.15) is 0 Å². The average molecular weight is 263 g/mol. The van der Waals surface area contributed by atoms with Crippen LogP contribution in [0.4, 0.5) is 9.93 Å². The van der Waals surface area contributed by atoms with Crippen LogP contribution in [0.5, 0.6) is 0 Å². The molecular formula is C11H13N5OS. The lowest BCUT2D eigenvalue weighted by atomic mass is 10.3. The quantitative estimate of drug-likeness (QED) is 0.889. The molecule has 2 rings (SSSR count). The molecular weight excluding hydrogens is 250 g/mol. The van der Waals surface area contributed by atoms with Crippen molar-refractivity contribution >= 4 is 22.5 Å². The highest BCUT2D eigenvalue weighted by Gasteiger charge is 2.09. The molecule has 0 aliphatic carbocycles. The predicted octanol–water partition coefficient (Wildman–Crippen LogP) is 2.13. The van der Waals surface area contributed by atoms with Crippen molar-refractivity contribution in [3.8, 4) is 10.6 Å². The number of hydrogen-bond acceptors (Lipinski definition) is 5. The highest BCUT2D eigenvalue weighted by Crippen LogP contribution is 2.25. The largest absolute Gasteiger partial charge is 0.336 e. The van der Waals surface area contributed by atoms with Gasteiger partial charge in [0.15, 0.2) is 5.01 Å². The molecule has 0 aromatic carbocycles. The van der Waals surface area contributed by atoms with E-state index in [0.29, 0.717) is 5.13 Å². The Bertz CT molecular complexity index is 525. The Hall–Kier alpha value is -2.02. The van der Waals surface area contributed by atoms with Gasteiger partial charge in [0, 0.05) is 24.0 Å². The molecule has 2 N–H and O–H groups in total. The second kappa shape index (κ2) is 5.54. The lowest BCUT2D eigenvalue weighted by molar-refractivity contribution is 0.250. The first-order valence-electron chi connectivity index (χ1n) is 5.46. The van der Waals surface area contributed by atoms with E-state index in [9.17, 15) is 4.79 Å². The number of anilines is 1. The van der Waals surface area contributed by atoms with E-state index in [2.05, 4.69) is 25.8 Å². The number of aromatic nitrogens is 3. The zero-order valence-electron chi connectivity index (χ0n) is 10.0. The van der Waals surface area contributed by atoms with Crippen LogP contribution in [0.25, 0.3) is 10.6 Å². The van der Waals surface area contributed by atoms with E-state index in [1.807, 2.05) is 26.0 Å². The molecule has 0 atom stereocenters. The maximum atomic E-state index is 11.5. The topological polar surface area (TPSA) is 79.8 Å². The molecule has 0 saturated carbocycles. The Kier molecular flexibility index (Phi) is 3.83. The molecule has 2 aromatic rings. The molecule has 0 unspecified atom stereocenters. The number of hydrogen-bond donors (Lipinski definition) is 2. The molecule has 0 spiro atoms. The van der Waals surface area contributed by atoms with Crippen LogP contribution in [0.2, 0.25) is 0 Å². The Morgan fingerprint density at radius 3 is 2.89 bits per heavy atom. The van der Waals surface area contributed by atoms with Crippen molar-refractivity contribution in [1.82, 2.24) is 20.5 Å². The first-order chi connectivity index (χ1) is 8.65. The highest BCUT2D eigenvalue weighted by atomic mass is 32.1. The van der Waals surface area contributed by atoms with Crippen LogP contribution in [0.3, 0.4) is 0 Å². The zero-order chi connectivity index (χ0) is 13.0. The van der Waals surface area contributed by atoms with Crippen LogP contribution in [0.1, 0.15) is 13.8 Å². The summed E-state index contributed by atoms with van der Waals surface area (Å²) in [5, 5.41) is 14.5. The van der Waals surface area contributed by atoms with Gasteiger partial charge in [0.2, 0.25) is 5.13 Å². The van der Waals surface area contributed by atoms with Crippen molar-refractivity contribution in [2.24, 2.45) is 0 Å². The second-order valence-corrected chi connectivity index (χ2v) is 4.88. The SMILES string of the molecule is CC(C)NC(=O)Nc1nnc(-c2cccnc2)s1. The van der Waals surface area contributed by atoms with Gasteiger partial charge >= 0.3 is 6.03 Å². The molecule has 0 aliphatic heterocycles. The van der Waals surface area contributed by atoms with Crippen molar-refractivity contribution in [3.05, 3.63) is 24.5 Å². The number of carbonyl (C=O) groups is 1. The molecule has 7 heteroatoms. The van der Waals surface area contributed by atoms with E-state index in [0.717, 1.165) is 10.6 Å². The van der Waals surface area contributed by atoms with E-state index in [4.69, 9.17) is 0 Å². The maximum Gasteiger partial charge on any atom is 0.321 e. The zero-order valence-corrected chi connectivity index (χ0v) is 10.9. The van der Waals surface area contributed by atoms with Crippen molar-refractivity contribution in [2.45, 2.75) is 19.9 Å². The smallest absolute Gasteiger partial charge is 0.321 e. The summed E-state index contributed by atoms with van der Waals surface area (Å²) in [5.41, 5.74) is 0.882. The Labute approximate surface area is 108 Å². The third-order valence-corrected chi connectivity index (χ3v) is 2.86. The minimum atomic E-state index is -0.279. The summed E-state index contributed by atoms with van der Waals surface area (Å²) in [6, 6.07) is 3.52. The van der Waals surface area contributed by atoms with Crippen molar-refractivity contribution in [1.29, 1.82) is 0 Å². The van der Waals surface area contributed by atoms with Crippen molar-refractivity contribution in [2.75, 3.05) is 5.32 Å². The van der Waals surface area contributed by atoms with E-state index < -0.39 is 0 Å². The number of urea groups is 1. The maximum absolute atomic E-state index is 11.5. The summed E-state index contributed by atoms with van der Waals surface area (Å²) in [4.78, 5) is 15.5. The number of rotatable bonds is 3. The molecule has 0 bridgehead atoms. The fraction of sp³-hybridized carbons (Fsp3) is 0.273. The number of pyridine rings is 1. The van der Waals surface area contributed by atoms with Crippen molar-refractivity contribution < 1.29 is 4.79 Å². The Morgan fingerprint density at radius 2 is 2.22 bits per heavy atom. The van der Waals surface area contributed by atoms with E-state index in [-0.39, 0.29) is 12.1 Å². The van der Waals surface area contributed by atoms with Crippen LogP contribution >= 0.6 is 11.3 Å². The van der Waals surface area contributed by atoms with Crippen LogP contribution in [0.15, 0.2) is 24.5 Å². The number of nitrogens with zero attached hydrogens (tertiary/aromatic N) is 3. The molecule has 0 radical (unpaired) electrons. The lowest BCUT2D eigenvalue weighted by Crippen LogP contribution is -2.34. The molecule has 0 saturated heterocycles. The van der Waals surface area contributed by atoms with Gasteiger partial charge in [0.1, 0.15) is 0 Å². The van der Waals surface area contributed by atoms with E-state index >= 15 is 0 Å². The van der Waals surface area contributed by atoms with Crippen molar-refractivity contribution in [3.63, 3.8) is 0 Å². The number of amides is 2. The predicted molar refractivity (Wildman–Crippen MR) is 70.4 cm³/mol. The summed E-state index contributed by atoms with van der Waals surface area (Å²) in [6.45, 7) is 3.78. The lowest BCUT2D eigenvalue weighted by Gasteiger charge is -2.07. The second-order valence-electron chi connectivity index (χ2n) is 3.91. The minimum absolute atomic E-state index is 0.0794. The fourth-order valence-corrected chi connectivity index (χ4v) is 2.00. The molecule has 0 aliphatic rings. The first-order valence-corrected chi connectivity index (χ1v) is 6.28. The van der Waals surface area contributed by atoms with E-state index in [1.165, 1.54) is 11.3 Å². The molecule has 6 nitrogen and oxygen atoms in total. The van der Waals surface area contributed by atoms with Gasteiger partial charge < -0.3 is 5.32 Å². The normalized spacial score (nSPS) is 10.4. The monoisotopic (exact) mass is 263 g/mol. The minimum Gasteiger partial charge on any atom is -0.336 e. The van der Waals surface area contributed by atoms with Gasteiger partial charge in [0.25, 0.3) is 0 Å². The molecule has 0 fully saturated rings. The fourth-order valence-electron chi connectivity index (χ4n) is 1.28. The van der Waals surface area contributed by atoms with Gasteiger partial charge in [0.05, 0.1) is 0 Å². The number of nitrogens with one attached hydrogen (secondary N) is 2. The molecule has 2 amide bonds. The van der Waals surface area contributed by atoms with Gasteiger partial charge in [-0.05, 0) is 26.0 Å². The Balaban J connectivity index is 2.05. The standard InChI is InChI=1S/C11H13N5OS/c1-7(2)13-10(17)14-11-16-15-9(18-11)8-4-3-5-12-6-8/h3-7H,1-2H3,(H2,13,14,16,17). The summed E-state index contributed by atoms with van der Waals surface area (Å²) in [7, 11) is 0. The third kappa shape index (κ3) is 3.24. The summed E-state index contributed by atoms with van der Waals surface area (Å²) >= 11 is 1.31. The van der Waals surface area contributed by atoms with Crippen LogP contribution in [-0.2, 0) is 0 Å². The van der Waals surface area contributed by atoms with Gasteiger partial charge in [-0.1, -0.05) is 11.3 Å². The number of carbonyl (C=O) groups excluding carboxylic acids is 1. The Morgan fingerprint density at radius 1 is 1.39 bits per heavy atom. The van der Waals surface area contributed by atoms with Gasteiger partial charge in [-0.3, -0.25) is 10.3 Å². The van der Waals surface area contributed by atoms with Gasteiger partial charge in [-0.25, -0.2) is 4.79 Å². The van der Waals surface area contributed by atoms with Crippen LogP contribution in [-0.4, -0.2) is 27.3 Å². The molecule has 18 heavy (non-hydrogen) atoms. The van der Waals surface area contributed by atoms with Gasteiger partial charge in [-0.15, -0.1) is 10.2 Å². The molecule has 2 aromatic heterocycles.